The van der Waals surface area contributed by atoms with Gasteiger partial charge >= 0.3 is 11.9 Å². The smallest absolute Gasteiger partial charge is 0.340 e. The number of carbonyl (C=O) groups is 2. The predicted octanol–water partition coefficient (Wildman–Crippen LogP) is 1.51. The number of esters is 1. The number of aryl methyl sites for hydroxylation is 1. The average Bonchev–Trinajstić information content (AvgIpc) is 2.60. The molecule has 0 unspecified atom stereocenters. The third-order valence-corrected chi connectivity index (χ3v) is 2.89. The van der Waals surface area contributed by atoms with Gasteiger partial charge in [0.1, 0.15) is 10.6 Å². The lowest BCUT2D eigenvalue weighted by atomic mass is 10.2. The molecule has 0 spiro atoms. The zero-order valence-electron chi connectivity index (χ0n) is 9.65. The van der Waals surface area contributed by atoms with Gasteiger partial charge in [0.2, 0.25) is 0 Å². The molecule has 0 aliphatic carbocycles. The summed E-state index contributed by atoms with van der Waals surface area (Å²) in [6, 6.07) is 0. The fourth-order valence-corrected chi connectivity index (χ4v) is 2.07. The monoisotopic (exact) mass is 258 g/mol. The Labute approximate surface area is 103 Å². The summed E-state index contributed by atoms with van der Waals surface area (Å²) in [6.45, 7) is 4.05. The molecule has 0 atom stereocenters. The molecule has 1 aromatic rings. The summed E-state index contributed by atoms with van der Waals surface area (Å²) < 4.78 is 8.71. The van der Waals surface area contributed by atoms with Crippen molar-refractivity contribution in [2.45, 2.75) is 20.3 Å². The van der Waals surface area contributed by atoms with E-state index in [1.807, 2.05) is 0 Å². The lowest BCUT2D eigenvalue weighted by Crippen LogP contribution is -2.12. The molecule has 1 aromatic heterocycles. The zero-order valence-corrected chi connectivity index (χ0v) is 10.5. The second-order valence-electron chi connectivity index (χ2n) is 3.26. The number of anilines is 1. The van der Waals surface area contributed by atoms with Crippen LogP contribution in [0.25, 0.3) is 0 Å². The van der Waals surface area contributed by atoms with Gasteiger partial charge in [-0.05, 0) is 25.4 Å². The minimum atomic E-state index is -1.02. The normalized spacial score (nSPS) is 10.0. The third-order valence-electron chi connectivity index (χ3n) is 2.00. The molecule has 6 nitrogen and oxygen atoms in total. The molecule has 0 aromatic carbocycles. The number of hydrogen-bond donors (Lipinski definition) is 2. The second kappa shape index (κ2) is 6.19. The van der Waals surface area contributed by atoms with E-state index in [2.05, 4.69) is 9.69 Å². The number of nitrogens with one attached hydrogen (secondary N) is 1. The standard InChI is InChI=1S/C10H14N2O4S/c1-3-16-7(13)4-5-11-9-8(10(14)15)6(2)12-17-9/h11H,3-5H2,1-2H3,(H,14,15). The van der Waals surface area contributed by atoms with Gasteiger partial charge in [0.25, 0.3) is 0 Å². The van der Waals surface area contributed by atoms with E-state index in [1.165, 1.54) is 0 Å². The Balaban J connectivity index is 2.52. The largest absolute Gasteiger partial charge is 0.478 e. The summed E-state index contributed by atoms with van der Waals surface area (Å²) >= 11 is 1.08. The van der Waals surface area contributed by atoms with Crippen LogP contribution in [0.4, 0.5) is 5.00 Å². The van der Waals surface area contributed by atoms with Crippen molar-refractivity contribution in [1.82, 2.24) is 4.37 Å². The molecule has 0 fully saturated rings. The molecule has 0 amide bonds. The van der Waals surface area contributed by atoms with Crippen LogP contribution in [-0.4, -0.2) is 34.6 Å². The number of hydrogen-bond acceptors (Lipinski definition) is 6. The molecular formula is C10H14N2O4S. The lowest BCUT2D eigenvalue weighted by Gasteiger charge is -2.04. The minimum absolute atomic E-state index is 0.166. The first-order valence-electron chi connectivity index (χ1n) is 5.15. The van der Waals surface area contributed by atoms with Crippen LogP contribution in [0.3, 0.4) is 0 Å². The Kier molecular flexibility index (Phi) is 4.89. The molecule has 0 aliphatic heterocycles. The van der Waals surface area contributed by atoms with E-state index in [9.17, 15) is 9.59 Å². The molecule has 17 heavy (non-hydrogen) atoms. The first-order chi connectivity index (χ1) is 8.06. The van der Waals surface area contributed by atoms with Crippen LogP contribution < -0.4 is 5.32 Å². The molecule has 2 N–H and O–H groups in total. The summed E-state index contributed by atoms with van der Waals surface area (Å²) in [4.78, 5) is 22.0. The molecular weight excluding hydrogens is 244 g/mol. The van der Waals surface area contributed by atoms with Crippen molar-refractivity contribution in [2.24, 2.45) is 0 Å². The Morgan fingerprint density at radius 3 is 2.82 bits per heavy atom. The topological polar surface area (TPSA) is 88.5 Å². The molecule has 0 bridgehead atoms. The van der Waals surface area contributed by atoms with Crippen molar-refractivity contribution in [1.29, 1.82) is 0 Å². The summed E-state index contributed by atoms with van der Waals surface area (Å²) in [7, 11) is 0. The maximum Gasteiger partial charge on any atom is 0.340 e. The van der Waals surface area contributed by atoms with Crippen LogP contribution in [0, 0.1) is 6.92 Å². The van der Waals surface area contributed by atoms with Crippen molar-refractivity contribution < 1.29 is 19.4 Å². The van der Waals surface area contributed by atoms with Gasteiger partial charge in [0.15, 0.2) is 0 Å². The molecule has 94 valence electrons. The number of ether oxygens (including phenoxy) is 1. The van der Waals surface area contributed by atoms with Crippen LogP contribution in [0.5, 0.6) is 0 Å². The molecule has 0 saturated heterocycles. The van der Waals surface area contributed by atoms with Crippen LogP contribution in [0.1, 0.15) is 29.4 Å². The number of aromatic nitrogens is 1. The molecule has 1 heterocycles. The number of carboxylic acids is 1. The average molecular weight is 258 g/mol. The predicted molar refractivity (Wildman–Crippen MR) is 63.6 cm³/mol. The number of aromatic carboxylic acids is 1. The number of carboxylic acid groups (broad SMARTS) is 1. The van der Waals surface area contributed by atoms with E-state index >= 15 is 0 Å². The molecule has 0 aliphatic rings. The Bertz CT molecular complexity index is 416. The maximum atomic E-state index is 11.1. The van der Waals surface area contributed by atoms with E-state index in [4.69, 9.17) is 9.84 Å². The highest BCUT2D eigenvalue weighted by Gasteiger charge is 2.17. The van der Waals surface area contributed by atoms with Gasteiger partial charge in [-0.15, -0.1) is 0 Å². The van der Waals surface area contributed by atoms with Gasteiger partial charge in [-0.25, -0.2) is 4.79 Å². The fourth-order valence-electron chi connectivity index (χ4n) is 1.25. The third kappa shape index (κ3) is 3.70. The van der Waals surface area contributed by atoms with Crippen molar-refractivity contribution >= 4 is 28.5 Å². The van der Waals surface area contributed by atoms with Gasteiger partial charge in [0.05, 0.1) is 18.7 Å². The molecule has 7 heteroatoms. The molecule has 1 rings (SSSR count). The Morgan fingerprint density at radius 2 is 2.24 bits per heavy atom. The summed E-state index contributed by atoms with van der Waals surface area (Å²) in [5.74, 6) is -1.33. The number of carbonyl (C=O) groups excluding carboxylic acids is 1. The van der Waals surface area contributed by atoms with Gasteiger partial charge < -0.3 is 15.2 Å². The Hall–Kier alpha value is -1.63. The maximum absolute atomic E-state index is 11.1. The zero-order chi connectivity index (χ0) is 12.8. The van der Waals surface area contributed by atoms with E-state index < -0.39 is 5.97 Å². The van der Waals surface area contributed by atoms with E-state index in [0.29, 0.717) is 23.8 Å². The summed E-state index contributed by atoms with van der Waals surface area (Å²) in [5, 5.41) is 12.3. The second-order valence-corrected chi connectivity index (χ2v) is 4.03. The van der Waals surface area contributed by atoms with Crippen molar-refractivity contribution in [3.63, 3.8) is 0 Å². The quantitative estimate of drug-likeness (QED) is 0.752. The Morgan fingerprint density at radius 1 is 1.53 bits per heavy atom. The van der Waals surface area contributed by atoms with Gasteiger partial charge in [-0.1, -0.05) is 0 Å². The van der Waals surface area contributed by atoms with Gasteiger partial charge in [-0.3, -0.25) is 4.79 Å². The van der Waals surface area contributed by atoms with E-state index in [0.717, 1.165) is 11.5 Å². The highest BCUT2D eigenvalue weighted by atomic mass is 32.1. The lowest BCUT2D eigenvalue weighted by molar-refractivity contribution is -0.142. The molecule has 0 saturated carbocycles. The minimum Gasteiger partial charge on any atom is -0.478 e. The fraction of sp³-hybridized carbons (Fsp3) is 0.500. The number of rotatable bonds is 6. The highest BCUT2D eigenvalue weighted by Crippen LogP contribution is 2.24. The van der Waals surface area contributed by atoms with E-state index in [-0.39, 0.29) is 18.0 Å². The van der Waals surface area contributed by atoms with Gasteiger partial charge in [0, 0.05) is 6.54 Å². The van der Waals surface area contributed by atoms with Crippen LogP contribution in [0.2, 0.25) is 0 Å². The summed E-state index contributed by atoms with van der Waals surface area (Å²) in [6.07, 6.45) is 0.198. The molecule has 0 radical (unpaired) electrons. The van der Waals surface area contributed by atoms with E-state index in [1.54, 1.807) is 13.8 Å². The highest BCUT2D eigenvalue weighted by molar-refractivity contribution is 7.10. The number of nitrogens with zero attached hydrogens (tertiary/aromatic N) is 1. The van der Waals surface area contributed by atoms with Crippen molar-refractivity contribution in [2.75, 3.05) is 18.5 Å². The van der Waals surface area contributed by atoms with Crippen LogP contribution >= 0.6 is 11.5 Å². The van der Waals surface area contributed by atoms with Crippen molar-refractivity contribution in [3.8, 4) is 0 Å². The van der Waals surface area contributed by atoms with Gasteiger partial charge in [-0.2, -0.15) is 4.37 Å². The first kappa shape index (κ1) is 13.4. The van der Waals surface area contributed by atoms with Crippen molar-refractivity contribution in [3.05, 3.63) is 11.3 Å². The first-order valence-corrected chi connectivity index (χ1v) is 5.92. The SMILES string of the molecule is CCOC(=O)CCNc1snc(C)c1C(=O)O. The van der Waals surface area contributed by atoms with Crippen LogP contribution in [0.15, 0.2) is 0 Å². The van der Waals surface area contributed by atoms with Crippen LogP contribution in [-0.2, 0) is 9.53 Å². The summed E-state index contributed by atoms with van der Waals surface area (Å²) in [5.41, 5.74) is 0.639.